The van der Waals surface area contributed by atoms with Crippen molar-refractivity contribution in [3.05, 3.63) is 45.5 Å². The molecule has 1 fully saturated rings. The Morgan fingerprint density at radius 1 is 1.24 bits per heavy atom. The Morgan fingerprint density at radius 3 is 2.71 bits per heavy atom. The fraction of sp³-hybridized carbons (Fsp3) is 0.438. The second-order valence-electron chi connectivity index (χ2n) is 5.65. The highest BCUT2D eigenvalue weighted by Crippen LogP contribution is 2.33. The predicted octanol–water partition coefficient (Wildman–Crippen LogP) is 2.94. The molecule has 0 spiro atoms. The first-order chi connectivity index (χ1) is 10.1. The van der Waals surface area contributed by atoms with Crippen LogP contribution in [0.1, 0.15) is 36.8 Å². The van der Waals surface area contributed by atoms with Gasteiger partial charge in [0.05, 0.1) is 11.3 Å². The van der Waals surface area contributed by atoms with E-state index in [0.717, 1.165) is 49.1 Å². The van der Waals surface area contributed by atoms with Crippen LogP contribution in [0, 0.1) is 10.1 Å². The van der Waals surface area contributed by atoms with Gasteiger partial charge in [-0.2, -0.15) is 0 Å². The number of benzene rings is 1. The number of non-ortho nitro benzene ring substituents is 1. The summed E-state index contributed by atoms with van der Waals surface area (Å²) in [5.74, 6) is 0.139. The molecule has 0 atom stereocenters. The zero-order chi connectivity index (χ0) is 14.8. The van der Waals surface area contributed by atoms with Gasteiger partial charge in [0.2, 0.25) is 5.91 Å². The van der Waals surface area contributed by atoms with Crippen molar-refractivity contribution < 1.29 is 9.72 Å². The van der Waals surface area contributed by atoms with Gasteiger partial charge in [-0.25, -0.2) is 0 Å². The first kappa shape index (κ1) is 13.8. The fourth-order valence-electron chi connectivity index (χ4n) is 3.08. The van der Waals surface area contributed by atoms with E-state index >= 15 is 0 Å². The first-order valence-electron chi connectivity index (χ1n) is 7.39. The summed E-state index contributed by atoms with van der Waals surface area (Å²) >= 11 is 0. The molecule has 5 nitrogen and oxygen atoms in total. The van der Waals surface area contributed by atoms with Gasteiger partial charge in [0.1, 0.15) is 0 Å². The summed E-state index contributed by atoms with van der Waals surface area (Å²) in [7, 11) is 0. The molecule has 0 N–H and O–H groups in total. The minimum Gasteiger partial charge on any atom is -0.342 e. The van der Waals surface area contributed by atoms with E-state index in [4.69, 9.17) is 0 Å². The number of nitrogens with zero attached hydrogens (tertiary/aromatic N) is 2. The molecule has 2 aliphatic rings. The maximum atomic E-state index is 12.3. The van der Waals surface area contributed by atoms with Gasteiger partial charge < -0.3 is 4.90 Å². The van der Waals surface area contributed by atoms with Crippen LogP contribution in [0.5, 0.6) is 0 Å². The molecule has 0 bridgehead atoms. The molecule has 0 unspecified atom stereocenters. The van der Waals surface area contributed by atoms with Crippen molar-refractivity contribution in [3.63, 3.8) is 0 Å². The first-order valence-corrected chi connectivity index (χ1v) is 7.39. The third-order valence-corrected chi connectivity index (χ3v) is 4.27. The van der Waals surface area contributed by atoms with Crippen molar-refractivity contribution in [1.29, 1.82) is 0 Å². The Balaban J connectivity index is 1.75. The molecule has 1 aliphatic heterocycles. The number of carbonyl (C=O) groups is 1. The SMILES string of the molecule is O=C(CC1=CCc2ccc([N+](=O)[O-])cc21)N1CCCCC1. The summed E-state index contributed by atoms with van der Waals surface area (Å²) in [5.41, 5.74) is 2.97. The number of likely N-dealkylation sites (tertiary alicyclic amines) is 1. The molecule has 1 aromatic carbocycles. The summed E-state index contributed by atoms with van der Waals surface area (Å²) in [5, 5.41) is 10.9. The summed E-state index contributed by atoms with van der Waals surface area (Å²) in [6.45, 7) is 1.68. The lowest BCUT2D eigenvalue weighted by molar-refractivity contribution is -0.384. The standard InChI is InChI=1S/C16H18N2O3/c19-16(17-8-2-1-3-9-17)10-13-5-4-12-6-7-14(18(20)21)11-15(12)13/h5-7,11H,1-4,8-10H2. The number of allylic oxidation sites excluding steroid dienone is 1. The van der Waals surface area contributed by atoms with Crippen molar-refractivity contribution in [1.82, 2.24) is 4.90 Å². The maximum Gasteiger partial charge on any atom is 0.270 e. The number of amides is 1. The molecule has 1 aliphatic carbocycles. The van der Waals surface area contributed by atoms with E-state index in [-0.39, 0.29) is 16.5 Å². The number of fused-ring (bicyclic) bond motifs is 1. The Kier molecular flexibility index (Phi) is 3.73. The summed E-state index contributed by atoms with van der Waals surface area (Å²) in [6, 6.07) is 4.92. The fourth-order valence-corrected chi connectivity index (χ4v) is 3.08. The Bertz CT molecular complexity index is 616. The molecular weight excluding hydrogens is 268 g/mol. The number of nitro groups is 1. The van der Waals surface area contributed by atoms with Gasteiger partial charge in [0, 0.05) is 25.2 Å². The molecule has 1 aromatic rings. The van der Waals surface area contributed by atoms with Crippen molar-refractivity contribution in [3.8, 4) is 0 Å². The molecule has 5 heteroatoms. The lowest BCUT2D eigenvalue weighted by atomic mass is 10.0. The predicted molar refractivity (Wildman–Crippen MR) is 79.8 cm³/mol. The summed E-state index contributed by atoms with van der Waals surface area (Å²) in [6.07, 6.45) is 6.49. The molecule has 0 aromatic heterocycles. The third-order valence-electron chi connectivity index (χ3n) is 4.27. The van der Waals surface area contributed by atoms with Crippen LogP contribution in [-0.2, 0) is 11.2 Å². The van der Waals surface area contributed by atoms with Gasteiger partial charge in [0.15, 0.2) is 0 Å². The molecule has 0 radical (unpaired) electrons. The lowest BCUT2D eigenvalue weighted by Gasteiger charge is -2.27. The number of carbonyl (C=O) groups excluding carboxylic acids is 1. The van der Waals surface area contributed by atoms with Crippen LogP contribution < -0.4 is 0 Å². The Labute approximate surface area is 123 Å². The summed E-state index contributed by atoms with van der Waals surface area (Å²) in [4.78, 5) is 24.8. The summed E-state index contributed by atoms with van der Waals surface area (Å²) < 4.78 is 0. The zero-order valence-corrected chi connectivity index (χ0v) is 11.9. The van der Waals surface area contributed by atoms with E-state index in [1.807, 2.05) is 11.0 Å². The number of nitro benzene ring substituents is 1. The Morgan fingerprint density at radius 2 is 2.00 bits per heavy atom. The highest BCUT2D eigenvalue weighted by molar-refractivity contribution is 5.91. The van der Waals surface area contributed by atoms with Crippen LogP contribution in [0.4, 0.5) is 5.69 Å². The highest BCUT2D eigenvalue weighted by atomic mass is 16.6. The average molecular weight is 286 g/mol. The van der Waals surface area contributed by atoms with E-state index in [1.54, 1.807) is 12.1 Å². The van der Waals surface area contributed by atoms with E-state index in [1.165, 1.54) is 12.5 Å². The van der Waals surface area contributed by atoms with Crippen molar-refractivity contribution in [2.75, 3.05) is 13.1 Å². The highest BCUT2D eigenvalue weighted by Gasteiger charge is 2.23. The quantitative estimate of drug-likeness (QED) is 0.634. The van der Waals surface area contributed by atoms with Crippen LogP contribution >= 0.6 is 0 Å². The topological polar surface area (TPSA) is 63.4 Å². The van der Waals surface area contributed by atoms with Gasteiger partial charge in [-0.3, -0.25) is 14.9 Å². The molecule has 1 saturated heterocycles. The van der Waals surface area contributed by atoms with Crippen LogP contribution in [0.25, 0.3) is 5.57 Å². The molecule has 21 heavy (non-hydrogen) atoms. The van der Waals surface area contributed by atoms with Gasteiger partial charge in [-0.15, -0.1) is 0 Å². The van der Waals surface area contributed by atoms with Gasteiger partial charge in [-0.05, 0) is 42.4 Å². The van der Waals surface area contributed by atoms with E-state index in [2.05, 4.69) is 0 Å². The van der Waals surface area contributed by atoms with E-state index in [9.17, 15) is 14.9 Å². The largest absolute Gasteiger partial charge is 0.342 e. The average Bonchev–Trinajstić information content (AvgIpc) is 2.90. The van der Waals surface area contributed by atoms with Crippen LogP contribution in [0.3, 0.4) is 0 Å². The van der Waals surface area contributed by atoms with Crippen LogP contribution in [0.2, 0.25) is 0 Å². The van der Waals surface area contributed by atoms with Gasteiger partial charge in [-0.1, -0.05) is 12.1 Å². The van der Waals surface area contributed by atoms with Crippen molar-refractivity contribution >= 4 is 17.2 Å². The van der Waals surface area contributed by atoms with E-state index in [0.29, 0.717) is 6.42 Å². The normalized spacial score (nSPS) is 17.3. The molecule has 3 rings (SSSR count). The second kappa shape index (κ2) is 5.68. The maximum absolute atomic E-state index is 12.3. The lowest BCUT2D eigenvalue weighted by Crippen LogP contribution is -2.35. The van der Waals surface area contributed by atoms with Gasteiger partial charge >= 0.3 is 0 Å². The van der Waals surface area contributed by atoms with Crippen LogP contribution in [0.15, 0.2) is 24.3 Å². The molecule has 1 heterocycles. The van der Waals surface area contributed by atoms with Gasteiger partial charge in [0.25, 0.3) is 5.69 Å². The molecule has 110 valence electrons. The second-order valence-corrected chi connectivity index (χ2v) is 5.65. The van der Waals surface area contributed by atoms with E-state index < -0.39 is 0 Å². The third kappa shape index (κ3) is 2.82. The smallest absolute Gasteiger partial charge is 0.270 e. The number of hydrogen-bond acceptors (Lipinski definition) is 3. The minimum absolute atomic E-state index is 0.0898. The molecule has 1 amide bonds. The van der Waals surface area contributed by atoms with Crippen LogP contribution in [-0.4, -0.2) is 28.8 Å². The Hall–Kier alpha value is -2.17. The molecule has 0 saturated carbocycles. The number of piperidine rings is 1. The minimum atomic E-state index is -0.386. The number of hydrogen-bond donors (Lipinski definition) is 0. The molecular formula is C16H18N2O3. The van der Waals surface area contributed by atoms with Crippen molar-refractivity contribution in [2.45, 2.75) is 32.1 Å². The zero-order valence-electron chi connectivity index (χ0n) is 11.9. The monoisotopic (exact) mass is 286 g/mol. The number of rotatable bonds is 3. The van der Waals surface area contributed by atoms with Crippen molar-refractivity contribution in [2.24, 2.45) is 0 Å².